The third-order valence-electron chi connectivity index (χ3n) is 7.89. The molecule has 0 saturated heterocycles. The predicted octanol–water partition coefficient (Wildman–Crippen LogP) is 5.64. The number of nitrogens with zero attached hydrogens (tertiary/aromatic N) is 3. The fourth-order valence-electron chi connectivity index (χ4n) is 6.21. The second-order valence-electron chi connectivity index (χ2n) is 10.3. The maximum atomic E-state index is 12.4. The summed E-state index contributed by atoms with van der Waals surface area (Å²) in [5, 5.41) is 3.38. The minimum absolute atomic E-state index is 0.0786. The van der Waals surface area contributed by atoms with Gasteiger partial charge in [0.05, 0.1) is 0 Å². The van der Waals surface area contributed by atoms with Crippen LogP contribution in [0, 0.1) is 0 Å². The first kappa shape index (κ1) is 22.6. The van der Waals surface area contributed by atoms with Crippen molar-refractivity contribution in [1.29, 1.82) is 0 Å². The summed E-state index contributed by atoms with van der Waals surface area (Å²) in [7, 11) is 0. The van der Waals surface area contributed by atoms with Crippen LogP contribution in [-0.2, 0) is 10.2 Å². The zero-order chi connectivity index (χ0) is 24.8. The number of hydrogen-bond donors (Lipinski definition) is 2. The van der Waals surface area contributed by atoms with Crippen molar-refractivity contribution < 1.29 is 9.53 Å². The Balaban J connectivity index is 1.35. The lowest BCUT2D eigenvalue weighted by atomic mass is 9.83. The number of para-hydroxylation sites is 1. The van der Waals surface area contributed by atoms with Gasteiger partial charge in [-0.1, -0.05) is 25.1 Å². The van der Waals surface area contributed by atoms with Gasteiger partial charge in [-0.3, -0.25) is 9.20 Å². The van der Waals surface area contributed by atoms with Gasteiger partial charge in [-0.15, -0.1) is 0 Å². The first-order chi connectivity index (χ1) is 17.5. The molecule has 0 spiro atoms. The standard InChI is InChI=1S/C29H31N5O2/c1-2-6-23(35)33-29-15-13-28(19-29,14-16-29)27-32-24(25-26(30)31-17-18-34(25)27)20-9-11-22(12-10-20)36-21-7-4-3-5-8-21/h3-5,7-12,17-18H,2,6,13-16,19H2,1H3,(H2,30,31)(H,33,35). The second-order valence-corrected chi connectivity index (χ2v) is 10.3. The van der Waals surface area contributed by atoms with Gasteiger partial charge in [0.1, 0.15) is 34.4 Å². The molecular weight excluding hydrogens is 450 g/mol. The number of carbonyl (C=O) groups is 1. The number of amides is 1. The highest BCUT2D eigenvalue weighted by atomic mass is 16.5. The van der Waals surface area contributed by atoms with Gasteiger partial charge in [0.15, 0.2) is 0 Å². The lowest BCUT2D eigenvalue weighted by Crippen LogP contribution is -2.44. The van der Waals surface area contributed by atoms with E-state index in [4.69, 9.17) is 15.5 Å². The zero-order valence-corrected chi connectivity index (χ0v) is 20.5. The first-order valence-electron chi connectivity index (χ1n) is 12.8. The van der Waals surface area contributed by atoms with Gasteiger partial charge >= 0.3 is 0 Å². The summed E-state index contributed by atoms with van der Waals surface area (Å²) in [5.74, 6) is 3.21. The van der Waals surface area contributed by atoms with Crippen LogP contribution in [0.2, 0.25) is 0 Å². The minimum atomic E-state index is -0.118. The lowest BCUT2D eigenvalue weighted by Gasteiger charge is -2.28. The van der Waals surface area contributed by atoms with Crippen LogP contribution < -0.4 is 15.8 Å². The number of benzene rings is 2. The molecule has 2 aromatic carbocycles. The molecule has 4 aromatic rings. The Bertz CT molecular complexity index is 1400. The number of imidazole rings is 1. The zero-order valence-electron chi connectivity index (χ0n) is 20.5. The van der Waals surface area contributed by atoms with Crippen LogP contribution in [-0.4, -0.2) is 25.8 Å². The van der Waals surface area contributed by atoms with E-state index < -0.39 is 0 Å². The number of rotatable bonds is 7. The van der Waals surface area contributed by atoms with Crippen molar-refractivity contribution in [2.45, 2.75) is 62.8 Å². The van der Waals surface area contributed by atoms with E-state index in [1.54, 1.807) is 6.20 Å². The smallest absolute Gasteiger partial charge is 0.220 e. The molecule has 6 rings (SSSR count). The molecule has 36 heavy (non-hydrogen) atoms. The molecule has 0 radical (unpaired) electrons. The molecule has 0 aliphatic heterocycles. The highest BCUT2D eigenvalue weighted by Crippen LogP contribution is 2.57. The van der Waals surface area contributed by atoms with Crippen molar-refractivity contribution in [3.05, 3.63) is 72.8 Å². The maximum absolute atomic E-state index is 12.4. The molecule has 2 heterocycles. The van der Waals surface area contributed by atoms with Crippen LogP contribution in [0.5, 0.6) is 11.5 Å². The molecule has 184 valence electrons. The summed E-state index contributed by atoms with van der Waals surface area (Å²) in [4.78, 5) is 22.0. The minimum Gasteiger partial charge on any atom is -0.457 e. The van der Waals surface area contributed by atoms with E-state index in [1.165, 1.54) is 0 Å². The largest absolute Gasteiger partial charge is 0.457 e. The Hall–Kier alpha value is -3.87. The SMILES string of the molecule is CCCC(=O)NC12CCC(c3nc(-c4ccc(Oc5ccccc5)cc4)c4c(N)nccn34)(CC1)C2. The number of anilines is 1. The summed E-state index contributed by atoms with van der Waals surface area (Å²) in [6, 6.07) is 17.7. The third-order valence-corrected chi connectivity index (χ3v) is 7.89. The molecule has 0 atom stereocenters. The number of fused-ring (bicyclic) bond motifs is 3. The molecule has 7 heteroatoms. The molecule has 2 saturated carbocycles. The number of carbonyl (C=O) groups excluding carboxylic acids is 1. The quantitative estimate of drug-likeness (QED) is 0.356. The lowest BCUT2D eigenvalue weighted by molar-refractivity contribution is -0.123. The fraction of sp³-hybridized carbons (Fsp3) is 0.345. The average Bonchev–Trinajstić information content (AvgIpc) is 3.56. The van der Waals surface area contributed by atoms with Crippen LogP contribution in [0.1, 0.15) is 57.7 Å². The van der Waals surface area contributed by atoms with E-state index in [0.29, 0.717) is 12.2 Å². The summed E-state index contributed by atoms with van der Waals surface area (Å²) >= 11 is 0. The number of nitrogen functional groups attached to an aromatic ring is 1. The number of aromatic nitrogens is 3. The van der Waals surface area contributed by atoms with Gasteiger partial charge in [-0.25, -0.2) is 9.97 Å². The Kier molecular flexibility index (Phi) is 5.43. The van der Waals surface area contributed by atoms with Crippen molar-refractivity contribution in [2.75, 3.05) is 5.73 Å². The highest BCUT2D eigenvalue weighted by Gasteiger charge is 2.57. The van der Waals surface area contributed by atoms with Crippen molar-refractivity contribution in [3.8, 4) is 22.8 Å². The van der Waals surface area contributed by atoms with Crippen molar-refractivity contribution in [2.24, 2.45) is 0 Å². The number of nitrogens with one attached hydrogen (secondary N) is 1. The molecular formula is C29H31N5O2. The van der Waals surface area contributed by atoms with E-state index in [1.807, 2.05) is 67.7 Å². The van der Waals surface area contributed by atoms with Crippen LogP contribution in [0.3, 0.4) is 0 Å². The topological polar surface area (TPSA) is 94.5 Å². The number of ether oxygens (including phenoxy) is 1. The van der Waals surface area contributed by atoms with E-state index >= 15 is 0 Å². The van der Waals surface area contributed by atoms with E-state index in [-0.39, 0.29) is 16.9 Å². The summed E-state index contributed by atoms with van der Waals surface area (Å²) in [6.45, 7) is 2.04. The van der Waals surface area contributed by atoms with E-state index in [9.17, 15) is 4.79 Å². The van der Waals surface area contributed by atoms with Gasteiger partial charge in [-0.05, 0) is 74.9 Å². The fourth-order valence-corrected chi connectivity index (χ4v) is 6.21. The molecule has 2 fully saturated rings. The Morgan fingerprint density at radius 1 is 1.06 bits per heavy atom. The summed E-state index contributed by atoms with van der Waals surface area (Å²) < 4.78 is 8.10. The molecule has 1 amide bonds. The van der Waals surface area contributed by atoms with Gasteiger partial charge in [0.2, 0.25) is 5.91 Å². The van der Waals surface area contributed by atoms with Gasteiger partial charge < -0.3 is 15.8 Å². The van der Waals surface area contributed by atoms with Crippen LogP contribution >= 0.6 is 0 Å². The Labute approximate surface area is 210 Å². The second kappa shape index (κ2) is 8.66. The van der Waals surface area contributed by atoms with E-state index in [0.717, 1.165) is 72.6 Å². The summed E-state index contributed by atoms with van der Waals surface area (Å²) in [5.41, 5.74) is 8.84. The maximum Gasteiger partial charge on any atom is 0.220 e. The van der Waals surface area contributed by atoms with Crippen LogP contribution in [0.25, 0.3) is 16.8 Å². The first-order valence-corrected chi connectivity index (χ1v) is 12.8. The van der Waals surface area contributed by atoms with Crippen molar-refractivity contribution in [1.82, 2.24) is 19.7 Å². The predicted molar refractivity (Wildman–Crippen MR) is 140 cm³/mol. The normalized spacial score (nSPS) is 22.7. The molecule has 0 unspecified atom stereocenters. The third kappa shape index (κ3) is 3.79. The molecule has 2 aliphatic rings. The molecule has 2 aliphatic carbocycles. The Morgan fingerprint density at radius 3 is 2.50 bits per heavy atom. The molecule has 2 bridgehead atoms. The van der Waals surface area contributed by atoms with E-state index in [2.05, 4.69) is 14.7 Å². The van der Waals surface area contributed by atoms with Gasteiger partial charge in [0, 0.05) is 35.3 Å². The highest BCUT2D eigenvalue weighted by molar-refractivity contribution is 5.85. The Morgan fingerprint density at radius 2 is 1.78 bits per heavy atom. The molecule has 7 nitrogen and oxygen atoms in total. The monoisotopic (exact) mass is 481 g/mol. The van der Waals surface area contributed by atoms with Gasteiger partial charge in [0.25, 0.3) is 0 Å². The van der Waals surface area contributed by atoms with Crippen LogP contribution in [0.4, 0.5) is 5.82 Å². The number of hydrogen-bond acceptors (Lipinski definition) is 5. The van der Waals surface area contributed by atoms with Crippen molar-refractivity contribution >= 4 is 17.2 Å². The average molecular weight is 482 g/mol. The van der Waals surface area contributed by atoms with Gasteiger partial charge in [-0.2, -0.15) is 0 Å². The molecule has 2 aromatic heterocycles. The summed E-state index contributed by atoms with van der Waals surface area (Å²) in [6.07, 6.45) is 10.0. The molecule has 3 N–H and O–H groups in total. The van der Waals surface area contributed by atoms with Crippen molar-refractivity contribution in [3.63, 3.8) is 0 Å². The van der Waals surface area contributed by atoms with Crippen LogP contribution in [0.15, 0.2) is 67.0 Å². The number of nitrogens with two attached hydrogens (primary N) is 1.